The van der Waals surface area contributed by atoms with Gasteiger partial charge in [-0.25, -0.2) is 0 Å². The summed E-state index contributed by atoms with van der Waals surface area (Å²) in [6, 6.07) is 8.87. The zero-order valence-electron chi connectivity index (χ0n) is 12.7. The van der Waals surface area contributed by atoms with Crippen LogP contribution in [0.3, 0.4) is 0 Å². The molecule has 0 spiro atoms. The molecule has 1 atom stereocenters. The average molecular weight is 272 g/mol. The van der Waals surface area contributed by atoms with Gasteiger partial charge < -0.3 is 0 Å². The fourth-order valence-corrected chi connectivity index (χ4v) is 2.39. The molecular weight excluding hydrogens is 248 g/mol. The Morgan fingerprint density at radius 1 is 1.25 bits per heavy atom. The van der Waals surface area contributed by atoms with Gasteiger partial charge in [-0.15, -0.1) is 0 Å². The quantitative estimate of drug-likeness (QED) is 0.650. The lowest BCUT2D eigenvalue weighted by Gasteiger charge is -2.19. The highest BCUT2D eigenvalue weighted by atomic mass is 15.3. The molecule has 0 saturated carbocycles. The van der Waals surface area contributed by atoms with Crippen LogP contribution in [0.15, 0.2) is 30.5 Å². The van der Waals surface area contributed by atoms with Gasteiger partial charge in [-0.05, 0) is 50.5 Å². The van der Waals surface area contributed by atoms with Crippen LogP contribution < -0.4 is 11.3 Å². The van der Waals surface area contributed by atoms with Crippen molar-refractivity contribution in [3.05, 3.63) is 52.8 Å². The van der Waals surface area contributed by atoms with Crippen molar-refractivity contribution >= 4 is 0 Å². The Morgan fingerprint density at radius 2 is 2.00 bits per heavy atom. The molecule has 4 nitrogen and oxygen atoms in total. The number of nitrogens with one attached hydrogen (secondary N) is 1. The molecule has 0 radical (unpaired) electrons. The maximum absolute atomic E-state index is 5.75. The van der Waals surface area contributed by atoms with E-state index in [1.807, 2.05) is 10.9 Å². The lowest BCUT2D eigenvalue weighted by molar-refractivity contribution is 0.506. The molecule has 108 valence electrons. The third-order valence-corrected chi connectivity index (χ3v) is 3.83. The van der Waals surface area contributed by atoms with Gasteiger partial charge in [-0.2, -0.15) is 5.10 Å². The van der Waals surface area contributed by atoms with Gasteiger partial charge in [0.25, 0.3) is 0 Å². The van der Waals surface area contributed by atoms with E-state index in [9.17, 15) is 0 Å². The number of hydrogen-bond donors (Lipinski definition) is 2. The first-order chi connectivity index (χ1) is 9.52. The molecule has 2 aromatic rings. The molecule has 2 rings (SSSR count). The summed E-state index contributed by atoms with van der Waals surface area (Å²) in [5.74, 6) is 5.75. The smallest absolute Gasteiger partial charge is 0.0644 e. The summed E-state index contributed by atoms with van der Waals surface area (Å²) in [5, 5.41) is 4.60. The Morgan fingerprint density at radius 3 is 2.60 bits per heavy atom. The van der Waals surface area contributed by atoms with Crippen molar-refractivity contribution in [3.63, 3.8) is 0 Å². The van der Waals surface area contributed by atoms with Crippen LogP contribution in [0, 0.1) is 13.8 Å². The van der Waals surface area contributed by atoms with Crippen molar-refractivity contribution in [2.75, 3.05) is 0 Å². The largest absolute Gasteiger partial charge is 0.271 e. The zero-order chi connectivity index (χ0) is 14.7. The predicted molar refractivity (Wildman–Crippen MR) is 82.3 cm³/mol. The van der Waals surface area contributed by atoms with E-state index in [0.717, 1.165) is 12.1 Å². The number of nitrogens with zero attached hydrogens (tertiary/aromatic N) is 2. The Kier molecular flexibility index (Phi) is 4.57. The van der Waals surface area contributed by atoms with Crippen molar-refractivity contribution in [1.29, 1.82) is 0 Å². The van der Waals surface area contributed by atoms with Gasteiger partial charge in [0.05, 0.1) is 11.7 Å². The van der Waals surface area contributed by atoms with Gasteiger partial charge in [-0.3, -0.25) is 16.0 Å². The number of aromatic nitrogens is 2. The van der Waals surface area contributed by atoms with E-state index in [1.165, 1.54) is 16.7 Å². The van der Waals surface area contributed by atoms with E-state index < -0.39 is 0 Å². The second-order valence-electron chi connectivity index (χ2n) is 5.59. The Hall–Kier alpha value is -1.65. The molecule has 0 aliphatic heterocycles. The number of hydrogen-bond acceptors (Lipinski definition) is 3. The number of rotatable bonds is 5. The molecule has 0 bridgehead atoms. The van der Waals surface area contributed by atoms with Crippen LogP contribution in [-0.2, 0) is 6.42 Å². The van der Waals surface area contributed by atoms with E-state index in [1.54, 1.807) is 0 Å². The van der Waals surface area contributed by atoms with Crippen LogP contribution in [0.2, 0.25) is 0 Å². The van der Waals surface area contributed by atoms with Crippen LogP contribution in [0.25, 0.3) is 0 Å². The summed E-state index contributed by atoms with van der Waals surface area (Å²) in [6.45, 7) is 8.52. The minimum absolute atomic E-state index is 0.0883. The number of hydrazine groups is 1. The lowest BCUT2D eigenvalue weighted by Crippen LogP contribution is -2.30. The predicted octanol–water partition coefficient (Wildman–Crippen LogP) is 2.83. The first-order valence-electron chi connectivity index (χ1n) is 7.09. The van der Waals surface area contributed by atoms with Crippen LogP contribution in [0.5, 0.6) is 0 Å². The molecule has 1 aromatic carbocycles. The van der Waals surface area contributed by atoms with E-state index in [2.05, 4.69) is 62.5 Å². The minimum atomic E-state index is 0.0883. The summed E-state index contributed by atoms with van der Waals surface area (Å²) in [7, 11) is 0. The van der Waals surface area contributed by atoms with Gasteiger partial charge in [0, 0.05) is 18.7 Å². The first kappa shape index (κ1) is 14.8. The lowest BCUT2D eigenvalue weighted by atomic mass is 9.95. The summed E-state index contributed by atoms with van der Waals surface area (Å²) in [4.78, 5) is 0. The number of nitrogens with two attached hydrogens (primary N) is 1. The van der Waals surface area contributed by atoms with E-state index >= 15 is 0 Å². The molecule has 1 heterocycles. The second-order valence-corrected chi connectivity index (χ2v) is 5.59. The zero-order valence-corrected chi connectivity index (χ0v) is 12.7. The molecule has 0 aliphatic rings. The molecule has 1 aromatic heterocycles. The molecule has 0 amide bonds. The van der Waals surface area contributed by atoms with E-state index in [4.69, 9.17) is 5.84 Å². The summed E-state index contributed by atoms with van der Waals surface area (Å²) >= 11 is 0. The first-order valence-corrected chi connectivity index (χ1v) is 7.09. The summed E-state index contributed by atoms with van der Waals surface area (Å²) < 4.78 is 1.98. The van der Waals surface area contributed by atoms with Crippen LogP contribution >= 0.6 is 0 Å². The van der Waals surface area contributed by atoms with Crippen LogP contribution in [-0.4, -0.2) is 9.78 Å². The van der Waals surface area contributed by atoms with Crippen molar-refractivity contribution < 1.29 is 0 Å². The number of aryl methyl sites for hydroxylation is 1. The topological polar surface area (TPSA) is 55.9 Å². The Labute approximate surface area is 121 Å². The number of benzene rings is 1. The molecule has 20 heavy (non-hydrogen) atoms. The summed E-state index contributed by atoms with van der Waals surface area (Å²) in [5.41, 5.74) is 7.80. The van der Waals surface area contributed by atoms with E-state index in [-0.39, 0.29) is 6.04 Å². The maximum Gasteiger partial charge on any atom is 0.0644 e. The fourth-order valence-electron chi connectivity index (χ4n) is 2.39. The molecule has 0 aliphatic carbocycles. The average Bonchev–Trinajstić information content (AvgIpc) is 2.88. The Balaban J connectivity index is 2.22. The van der Waals surface area contributed by atoms with Crippen LogP contribution in [0.1, 0.15) is 48.3 Å². The molecule has 0 saturated heterocycles. The molecule has 0 fully saturated rings. The van der Waals surface area contributed by atoms with Gasteiger partial charge in [0.15, 0.2) is 0 Å². The molecule has 4 heteroatoms. The second kappa shape index (κ2) is 6.20. The highest BCUT2D eigenvalue weighted by Gasteiger charge is 2.15. The van der Waals surface area contributed by atoms with Crippen molar-refractivity contribution in [1.82, 2.24) is 15.2 Å². The van der Waals surface area contributed by atoms with Gasteiger partial charge >= 0.3 is 0 Å². The maximum atomic E-state index is 5.75. The normalized spacial score (nSPS) is 12.9. The highest BCUT2D eigenvalue weighted by Crippen LogP contribution is 2.23. The van der Waals surface area contributed by atoms with Crippen molar-refractivity contribution in [2.45, 2.75) is 46.2 Å². The van der Waals surface area contributed by atoms with Gasteiger partial charge in [0.2, 0.25) is 0 Å². The van der Waals surface area contributed by atoms with Gasteiger partial charge in [-0.1, -0.05) is 18.2 Å². The molecular formula is C16H24N4. The van der Waals surface area contributed by atoms with Crippen molar-refractivity contribution in [2.24, 2.45) is 5.84 Å². The Bertz CT molecular complexity index is 572. The van der Waals surface area contributed by atoms with E-state index in [0.29, 0.717) is 6.04 Å². The fraction of sp³-hybridized carbons (Fsp3) is 0.438. The summed E-state index contributed by atoms with van der Waals surface area (Å²) in [6.07, 6.45) is 2.82. The third-order valence-electron chi connectivity index (χ3n) is 3.83. The van der Waals surface area contributed by atoms with Crippen LogP contribution in [0.4, 0.5) is 0 Å². The van der Waals surface area contributed by atoms with Crippen molar-refractivity contribution in [3.8, 4) is 0 Å². The molecule has 3 N–H and O–H groups in total. The monoisotopic (exact) mass is 272 g/mol. The highest BCUT2D eigenvalue weighted by molar-refractivity contribution is 5.35. The standard InChI is InChI=1S/C16H24N4/c1-11(2)20-9-8-14(19-20)10-16(18-17)15-7-5-6-12(3)13(15)4/h5-9,11,16,18H,10,17H2,1-4H3. The minimum Gasteiger partial charge on any atom is -0.271 e. The third kappa shape index (κ3) is 3.08. The molecule has 1 unspecified atom stereocenters. The SMILES string of the molecule is Cc1cccc(C(Cc2ccn(C(C)C)n2)NN)c1C. The van der Waals surface area contributed by atoms with Gasteiger partial charge in [0.1, 0.15) is 0 Å².